The maximum Gasteiger partial charge on any atom is 0.325 e. The zero-order valence-electron chi connectivity index (χ0n) is 12.5. The molecule has 116 valence electrons. The summed E-state index contributed by atoms with van der Waals surface area (Å²) in [5.74, 6) is -0.433. The van der Waals surface area contributed by atoms with Gasteiger partial charge < -0.3 is 19.7 Å². The lowest BCUT2D eigenvalue weighted by molar-refractivity contribution is -0.147. The van der Waals surface area contributed by atoms with Crippen molar-refractivity contribution in [2.75, 3.05) is 39.9 Å². The lowest BCUT2D eigenvalue weighted by atomic mass is 10.1. The van der Waals surface area contributed by atoms with Gasteiger partial charge in [0.25, 0.3) is 0 Å². The normalized spacial score (nSPS) is 15.9. The van der Waals surface area contributed by atoms with Crippen LogP contribution in [0.5, 0.6) is 0 Å². The number of hydrogen-bond acceptors (Lipinski definition) is 5. The molecule has 0 atom stereocenters. The van der Waals surface area contributed by atoms with Crippen molar-refractivity contribution in [3.8, 4) is 0 Å². The van der Waals surface area contributed by atoms with Crippen molar-refractivity contribution in [2.24, 2.45) is 0 Å². The third-order valence-electron chi connectivity index (χ3n) is 3.35. The van der Waals surface area contributed by atoms with Gasteiger partial charge in [-0.05, 0) is 32.4 Å². The highest BCUT2D eigenvalue weighted by Gasteiger charge is 2.18. The van der Waals surface area contributed by atoms with Crippen LogP contribution in [-0.2, 0) is 19.1 Å². The zero-order valence-corrected chi connectivity index (χ0v) is 12.5. The Labute approximate surface area is 120 Å². The van der Waals surface area contributed by atoms with E-state index < -0.39 is 0 Å². The molecule has 1 aliphatic heterocycles. The highest BCUT2D eigenvalue weighted by Crippen LogP contribution is 2.08. The molecule has 6 heteroatoms. The number of methoxy groups -OCH3 is 1. The van der Waals surface area contributed by atoms with E-state index in [1.54, 1.807) is 0 Å². The number of hydrogen-bond donors (Lipinski definition) is 1. The van der Waals surface area contributed by atoms with Crippen LogP contribution in [0.25, 0.3) is 0 Å². The molecule has 20 heavy (non-hydrogen) atoms. The molecular weight excluding hydrogens is 260 g/mol. The number of piperidine rings is 1. The van der Waals surface area contributed by atoms with Gasteiger partial charge in [-0.25, -0.2) is 0 Å². The largest absolute Gasteiger partial charge is 0.468 e. The standard InChI is InChI=1S/C14H26N2O4/c1-3-9-16(11-14(18)19-2)13(17)6-10-20-12-4-7-15-8-5-12/h12,15H,3-11H2,1-2H3. The van der Waals surface area contributed by atoms with Crippen LogP contribution in [0.2, 0.25) is 0 Å². The second-order valence-corrected chi connectivity index (χ2v) is 4.96. The summed E-state index contributed by atoms with van der Waals surface area (Å²) in [6.45, 7) is 4.94. The summed E-state index contributed by atoms with van der Waals surface area (Å²) in [5, 5.41) is 3.27. The summed E-state index contributed by atoms with van der Waals surface area (Å²) in [4.78, 5) is 24.9. The average molecular weight is 286 g/mol. The maximum atomic E-state index is 12.1. The first-order chi connectivity index (χ1) is 9.67. The average Bonchev–Trinajstić information content (AvgIpc) is 2.47. The monoisotopic (exact) mass is 286 g/mol. The molecule has 0 radical (unpaired) electrons. The lowest BCUT2D eigenvalue weighted by Gasteiger charge is -2.24. The Morgan fingerprint density at radius 2 is 2.00 bits per heavy atom. The fraction of sp³-hybridized carbons (Fsp3) is 0.857. The predicted molar refractivity (Wildman–Crippen MR) is 75.3 cm³/mol. The van der Waals surface area contributed by atoms with E-state index in [1.165, 1.54) is 12.0 Å². The summed E-state index contributed by atoms with van der Waals surface area (Å²) >= 11 is 0. The number of esters is 1. The van der Waals surface area contributed by atoms with Crippen LogP contribution in [0.1, 0.15) is 32.6 Å². The van der Waals surface area contributed by atoms with Gasteiger partial charge in [0.15, 0.2) is 0 Å². The molecule has 1 N–H and O–H groups in total. The van der Waals surface area contributed by atoms with Crippen LogP contribution in [0.3, 0.4) is 0 Å². The maximum absolute atomic E-state index is 12.1. The number of carbonyl (C=O) groups is 2. The van der Waals surface area contributed by atoms with E-state index in [9.17, 15) is 9.59 Å². The van der Waals surface area contributed by atoms with Gasteiger partial charge >= 0.3 is 5.97 Å². The van der Waals surface area contributed by atoms with E-state index >= 15 is 0 Å². The van der Waals surface area contributed by atoms with E-state index in [0.29, 0.717) is 19.6 Å². The fourth-order valence-corrected chi connectivity index (χ4v) is 2.22. The second-order valence-electron chi connectivity index (χ2n) is 4.96. The van der Waals surface area contributed by atoms with Gasteiger partial charge in [0.05, 0.1) is 26.2 Å². The molecule has 0 aromatic rings. The van der Waals surface area contributed by atoms with Crippen molar-refractivity contribution in [1.29, 1.82) is 0 Å². The Hall–Kier alpha value is -1.14. The van der Waals surface area contributed by atoms with Crippen LogP contribution < -0.4 is 5.32 Å². The number of carbonyl (C=O) groups excluding carboxylic acids is 2. The second kappa shape index (κ2) is 9.72. The molecule has 0 unspecified atom stereocenters. The molecule has 0 aliphatic carbocycles. The summed E-state index contributed by atoms with van der Waals surface area (Å²) in [5.41, 5.74) is 0. The molecule has 0 spiro atoms. The van der Waals surface area contributed by atoms with Gasteiger partial charge in [0.2, 0.25) is 5.91 Å². The first kappa shape index (κ1) is 16.9. The van der Waals surface area contributed by atoms with E-state index in [0.717, 1.165) is 32.4 Å². The number of nitrogens with zero attached hydrogens (tertiary/aromatic N) is 1. The number of ether oxygens (including phenoxy) is 2. The van der Waals surface area contributed by atoms with E-state index in [1.807, 2.05) is 6.92 Å². The highest BCUT2D eigenvalue weighted by molar-refractivity contribution is 5.82. The minimum atomic E-state index is -0.383. The highest BCUT2D eigenvalue weighted by atomic mass is 16.5. The smallest absolute Gasteiger partial charge is 0.325 e. The van der Waals surface area contributed by atoms with E-state index in [2.05, 4.69) is 10.1 Å². The van der Waals surface area contributed by atoms with Crippen LogP contribution in [-0.4, -0.2) is 62.8 Å². The van der Waals surface area contributed by atoms with Crippen LogP contribution in [0.15, 0.2) is 0 Å². The molecule has 1 rings (SSSR count). The van der Waals surface area contributed by atoms with Gasteiger partial charge in [0.1, 0.15) is 6.54 Å². The molecule has 1 heterocycles. The topological polar surface area (TPSA) is 67.9 Å². The minimum Gasteiger partial charge on any atom is -0.468 e. The van der Waals surface area contributed by atoms with Gasteiger partial charge in [0, 0.05) is 6.54 Å². The Balaban J connectivity index is 2.27. The minimum absolute atomic E-state index is 0.0243. The van der Waals surface area contributed by atoms with Crippen LogP contribution in [0, 0.1) is 0 Å². The first-order valence-corrected chi connectivity index (χ1v) is 7.34. The third-order valence-corrected chi connectivity index (χ3v) is 3.35. The summed E-state index contributed by atoms with van der Waals surface area (Å²) < 4.78 is 10.3. The molecule has 0 bridgehead atoms. The van der Waals surface area contributed by atoms with Crippen molar-refractivity contribution in [1.82, 2.24) is 10.2 Å². The molecule has 1 fully saturated rings. The molecular formula is C14H26N2O4. The summed E-state index contributed by atoms with van der Waals surface area (Å²) in [6, 6.07) is 0. The SMILES string of the molecule is CCCN(CC(=O)OC)C(=O)CCOC1CCNCC1. The Bertz CT molecular complexity index is 304. The first-order valence-electron chi connectivity index (χ1n) is 7.34. The molecule has 6 nitrogen and oxygen atoms in total. The number of rotatable bonds is 8. The zero-order chi connectivity index (χ0) is 14.8. The number of amides is 1. The third kappa shape index (κ3) is 6.34. The van der Waals surface area contributed by atoms with Crippen molar-refractivity contribution in [2.45, 2.75) is 38.7 Å². The van der Waals surface area contributed by atoms with Gasteiger partial charge in [-0.15, -0.1) is 0 Å². The lowest BCUT2D eigenvalue weighted by Crippen LogP contribution is -2.38. The Morgan fingerprint density at radius 3 is 2.60 bits per heavy atom. The van der Waals surface area contributed by atoms with Gasteiger partial charge in [-0.3, -0.25) is 9.59 Å². The summed E-state index contributed by atoms with van der Waals surface area (Å²) in [7, 11) is 1.33. The van der Waals surface area contributed by atoms with Crippen molar-refractivity contribution in [3.63, 3.8) is 0 Å². The van der Waals surface area contributed by atoms with Crippen molar-refractivity contribution < 1.29 is 19.1 Å². The van der Waals surface area contributed by atoms with Crippen LogP contribution in [0.4, 0.5) is 0 Å². The van der Waals surface area contributed by atoms with Crippen molar-refractivity contribution in [3.05, 3.63) is 0 Å². The van der Waals surface area contributed by atoms with Gasteiger partial charge in [-0.1, -0.05) is 6.92 Å². The molecule has 1 amide bonds. The van der Waals surface area contributed by atoms with Crippen LogP contribution >= 0.6 is 0 Å². The van der Waals surface area contributed by atoms with Gasteiger partial charge in [-0.2, -0.15) is 0 Å². The Kier molecular flexibility index (Phi) is 8.22. The van der Waals surface area contributed by atoms with Crippen molar-refractivity contribution >= 4 is 11.9 Å². The predicted octanol–water partition coefficient (Wildman–Crippen LogP) is 0.557. The quantitative estimate of drug-likeness (QED) is 0.660. The fourth-order valence-electron chi connectivity index (χ4n) is 2.22. The molecule has 0 saturated carbocycles. The van der Waals surface area contributed by atoms with E-state index in [4.69, 9.17) is 4.74 Å². The molecule has 1 saturated heterocycles. The molecule has 1 aliphatic rings. The summed E-state index contributed by atoms with van der Waals surface area (Å²) in [6.07, 6.45) is 3.38. The molecule has 0 aromatic heterocycles. The van der Waals surface area contributed by atoms with E-state index in [-0.39, 0.29) is 24.5 Å². The number of nitrogens with one attached hydrogen (secondary N) is 1. The Morgan fingerprint density at radius 1 is 1.30 bits per heavy atom. The molecule has 0 aromatic carbocycles.